The Balaban J connectivity index is 2.57. The fourth-order valence-corrected chi connectivity index (χ4v) is 2.00. The van der Waals surface area contributed by atoms with Crippen LogP contribution >= 0.6 is 39.1 Å². The Morgan fingerprint density at radius 1 is 1.12 bits per heavy atom. The Morgan fingerprint density at radius 2 is 1.82 bits per heavy atom. The first-order chi connectivity index (χ1) is 7.99. The third-order valence-electron chi connectivity index (χ3n) is 2.51. The average molecular weight is 332 g/mol. The number of rotatable bonds is 1. The molecule has 0 aliphatic rings. The largest absolute Gasteiger partial charge is 0.233 e. The maximum absolute atomic E-state index is 6.05. The van der Waals surface area contributed by atoms with Gasteiger partial charge in [0.15, 0.2) is 5.82 Å². The van der Waals surface area contributed by atoms with Crippen LogP contribution in [0.4, 0.5) is 0 Å². The zero-order chi connectivity index (χ0) is 12.6. The highest BCUT2D eigenvalue weighted by molar-refractivity contribution is 9.10. The first-order valence-electron chi connectivity index (χ1n) is 4.95. The van der Waals surface area contributed by atoms with Crippen molar-refractivity contribution in [3.05, 3.63) is 44.1 Å². The van der Waals surface area contributed by atoms with Gasteiger partial charge in [0.05, 0.1) is 5.02 Å². The molecule has 0 aliphatic heterocycles. The van der Waals surface area contributed by atoms with Gasteiger partial charge in [0.2, 0.25) is 0 Å². The Labute approximate surface area is 118 Å². The second-order valence-electron chi connectivity index (χ2n) is 3.68. The molecule has 0 fully saturated rings. The summed E-state index contributed by atoms with van der Waals surface area (Å²) >= 11 is 15.4. The van der Waals surface area contributed by atoms with Crippen LogP contribution in [0, 0.1) is 13.8 Å². The molecule has 2 rings (SSSR count). The predicted octanol–water partition coefficient (Wildman–Crippen LogP) is 4.83. The molecule has 17 heavy (non-hydrogen) atoms. The van der Waals surface area contributed by atoms with Gasteiger partial charge < -0.3 is 0 Å². The maximum atomic E-state index is 6.05. The lowest BCUT2D eigenvalue weighted by Gasteiger charge is -2.06. The minimum absolute atomic E-state index is 0.478. The van der Waals surface area contributed by atoms with Crippen molar-refractivity contribution in [1.29, 1.82) is 0 Å². The summed E-state index contributed by atoms with van der Waals surface area (Å²) in [6, 6.07) is 5.58. The van der Waals surface area contributed by atoms with Crippen LogP contribution in [0.3, 0.4) is 0 Å². The highest BCUT2D eigenvalue weighted by Crippen LogP contribution is 2.28. The van der Waals surface area contributed by atoms with Gasteiger partial charge in [-0.1, -0.05) is 23.2 Å². The molecule has 1 aromatic carbocycles. The molecule has 0 N–H and O–H groups in total. The van der Waals surface area contributed by atoms with Crippen LogP contribution in [0.5, 0.6) is 0 Å². The van der Waals surface area contributed by atoms with Gasteiger partial charge in [-0.15, -0.1) is 0 Å². The normalized spacial score (nSPS) is 10.6. The Kier molecular flexibility index (Phi) is 3.71. The second kappa shape index (κ2) is 4.92. The van der Waals surface area contributed by atoms with Crippen LogP contribution in [0.2, 0.25) is 10.2 Å². The summed E-state index contributed by atoms with van der Waals surface area (Å²) in [7, 11) is 0. The minimum Gasteiger partial charge on any atom is -0.233 e. The molecule has 5 heteroatoms. The van der Waals surface area contributed by atoms with Gasteiger partial charge >= 0.3 is 0 Å². The smallest absolute Gasteiger partial charge is 0.161 e. The quantitative estimate of drug-likeness (QED) is 0.699. The number of aromatic nitrogens is 2. The van der Waals surface area contributed by atoms with Crippen LogP contribution in [-0.2, 0) is 0 Å². The molecule has 0 radical (unpaired) electrons. The van der Waals surface area contributed by atoms with E-state index in [2.05, 4.69) is 25.9 Å². The molecule has 0 unspecified atom stereocenters. The summed E-state index contributed by atoms with van der Waals surface area (Å²) in [6.45, 7) is 3.81. The van der Waals surface area contributed by atoms with Crippen molar-refractivity contribution >= 4 is 39.1 Å². The molecule has 0 atom stereocenters. The van der Waals surface area contributed by atoms with Crippen LogP contribution in [0.15, 0.2) is 22.7 Å². The molecule has 0 saturated carbocycles. The predicted molar refractivity (Wildman–Crippen MR) is 74.7 cm³/mol. The summed E-state index contributed by atoms with van der Waals surface area (Å²) in [5.74, 6) is 0.590. The summed E-state index contributed by atoms with van der Waals surface area (Å²) in [4.78, 5) is 8.66. The Morgan fingerprint density at radius 3 is 2.41 bits per heavy atom. The standard InChI is InChI=1S/C12H9BrCl2N2/c1-6-7(2)16-12(17-11(6)15)8-3-4-9(13)10(14)5-8/h3-5H,1-2H3. The van der Waals surface area contributed by atoms with Gasteiger partial charge in [-0.05, 0) is 48.0 Å². The third kappa shape index (κ3) is 2.62. The van der Waals surface area contributed by atoms with E-state index in [0.29, 0.717) is 16.0 Å². The van der Waals surface area contributed by atoms with E-state index in [1.54, 1.807) is 0 Å². The zero-order valence-corrected chi connectivity index (χ0v) is 12.4. The second-order valence-corrected chi connectivity index (χ2v) is 5.30. The summed E-state index contributed by atoms with van der Waals surface area (Å²) in [5.41, 5.74) is 2.63. The van der Waals surface area contributed by atoms with Gasteiger partial charge in [0, 0.05) is 21.3 Å². The van der Waals surface area contributed by atoms with Gasteiger partial charge in [-0.2, -0.15) is 0 Å². The molecule has 0 amide bonds. The van der Waals surface area contributed by atoms with Crippen LogP contribution in [0.25, 0.3) is 11.4 Å². The molecule has 2 aromatic rings. The number of hydrogen-bond acceptors (Lipinski definition) is 2. The molecule has 1 aromatic heterocycles. The van der Waals surface area contributed by atoms with Crippen molar-refractivity contribution in [3.63, 3.8) is 0 Å². The van der Waals surface area contributed by atoms with E-state index in [4.69, 9.17) is 23.2 Å². The summed E-state index contributed by atoms with van der Waals surface area (Å²) in [5, 5.41) is 1.10. The van der Waals surface area contributed by atoms with E-state index in [0.717, 1.165) is 21.3 Å². The summed E-state index contributed by atoms with van der Waals surface area (Å²) in [6.07, 6.45) is 0. The van der Waals surface area contributed by atoms with E-state index in [-0.39, 0.29) is 0 Å². The lowest BCUT2D eigenvalue weighted by atomic mass is 10.2. The highest BCUT2D eigenvalue weighted by atomic mass is 79.9. The number of aryl methyl sites for hydroxylation is 1. The van der Waals surface area contributed by atoms with Crippen molar-refractivity contribution in [2.24, 2.45) is 0 Å². The van der Waals surface area contributed by atoms with E-state index in [9.17, 15) is 0 Å². The highest BCUT2D eigenvalue weighted by Gasteiger charge is 2.09. The van der Waals surface area contributed by atoms with Crippen molar-refractivity contribution in [2.75, 3.05) is 0 Å². The van der Waals surface area contributed by atoms with Crippen molar-refractivity contribution < 1.29 is 0 Å². The lowest BCUT2D eigenvalue weighted by Crippen LogP contribution is -1.96. The van der Waals surface area contributed by atoms with Crippen LogP contribution in [0.1, 0.15) is 11.3 Å². The monoisotopic (exact) mass is 330 g/mol. The van der Waals surface area contributed by atoms with E-state index < -0.39 is 0 Å². The van der Waals surface area contributed by atoms with E-state index in [1.165, 1.54) is 0 Å². The number of hydrogen-bond donors (Lipinski definition) is 0. The number of benzene rings is 1. The molecule has 2 nitrogen and oxygen atoms in total. The van der Waals surface area contributed by atoms with Crippen molar-refractivity contribution in [1.82, 2.24) is 9.97 Å². The molecule has 0 spiro atoms. The molecule has 0 saturated heterocycles. The van der Waals surface area contributed by atoms with Gasteiger partial charge in [-0.25, -0.2) is 9.97 Å². The minimum atomic E-state index is 0.478. The molecule has 1 heterocycles. The molecular formula is C12H9BrCl2N2. The van der Waals surface area contributed by atoms with Crippen LogP contribution < -0.4 is 0 Å². The van der Waals surface area contributed by atoms with Gasteiger partial charge in [0.25, 0.3) is 0 Å². The molecule has 0 aliphatic carbocycles. The first kappa shape index (κ1) is 12.8. The molecular weight excluding hydrogens is 323 g/mol. The van der Waals surface area contributed by atoms with Crippen molar-refractivity contribution in [2.45, 2.75) is 13.8 Å². The Bertz CT molecular complexity index is 562. The molecule has 0 bridgehead atoms. The topological polar surface area (TPSA) is 25.8 Å². The number of nitrogens with zero attached hydrogens (tertiary/aromatic N) is 2. The van der Waals surface area contributed by atoms with Crippen molar-refractivity contribution in [3.8, 4) is 11.4 Å². The third-order valence-corrected chi connectivity index (χ3v) is 4.11. The van der Waals surface area contributed by atoms with Gasteiger partial charge in [0.1, 0.15) is 5.15 Å². The zero-order valence-electron chi connectivity index (χ0n) is 9.26. The SMILES string of the molecule is Cc1nc(-c2ccc(Br)c(Cl)c2)nc(Cl)c1C. The average Bonchev–Trinajstić information content (AvgIpc) is 2.29. The lowest BCUT2D eigenvalue weighted by molar-refractivity contribution is 1.07. The first-order valence-corrected chi connectivity index (χ1v) is 6.50. The summed E-state index contributed by atoms with van der Waals surface area (Å²) < 4.78 is 0.845. The maximum Gasteiger partial charge on any atom is 0.161 e. The van der Waals surface area contributed by atoms with E-state index in [1.807, 2.05) is 32.0 Å². The van der Waals surface area contributed by atoms with Crippen LogP contribution in [-0.4, -0.2) is 9.97 Å². The fourth-order valence-electron chi connectivity index (χ4n) is 1.36. The molecule has 88 valence electrons. The van der Waals surface area contributed by atoms with E-state index >= 15 is 0 Å². The fraction of sp³-hybridized carbons (Fsp3) is 0.167. The number of halogens is 3. The van der Waals surface area contributed by atoms with Gasteiger partial charge in [-0.3, -0.25) is 0 Å². The Hall–Kier alpha value is -0.640.